The van der Waals surface area contributed by atoms with Crippen molar-refractivity contribution in [2.75, 3.05) is 12.3 Å². The SMILES string of the molecule is Nc1ncnc2c1ncn2[C@H]1C=C[C@@H](COP(=O)([O-])Oc2ccccc2)O1. The molecule has 27 heavy (non-hydrogen) atoms. The fourth-order valence-electron chi connectivity index (χ4n) is 2.60. The third-order valence-corrected chi connectivity index (χ3v) is 4.72. The zero-order valence-corrected chi connectivity index (χ0v) is 14.8. The average molecular weight is 388 g/mol. The fraction of sp³-hybridized carbons (Fsp3) is 0.188. The number of imidazole rings is 1. The molecule has 0 fully saturated rings. The molecule has 2 aromatic heterocycles. The highest BCUT2D eigenvalue weighted by atomic mass is 31.2. The van der Waals surface area contributed by atoms with Gasteiger partial charge in [-0.05, 0) is 18.2 Å². The van der Waals surface area contributed by atoms with Crippen LogP contribution in [0.1, 0.15) is 6.23 Å². The van der Waals surface area contributed by atoms with Gasteiger partial charge in [0.1, 0.15) is 23.7 Å². The van der Waals surface area contributed by atoms with Gasteiger partial charge in [-0.2, -0.15) is 0 Å². The zero-order chi connectivity index (χ0) is 18.9. The minimum atomic E-state index is -4.51. The largest absolute Gasteiger partial charge is 0.746 e. The third kappa shape index (κ3) is 3.83. The number of phosphoric ester groups is 1. The Morgan fingerprint density at radius 2 is 2.04 bits per heavy atom. The van der Waals surface area contributed by atoms with Crippen LogP contribution in [0, 0.1) is 0 Å². The predicted molar refractivity (Wildman–Crippen MR) is 93.4 cm³/mol. The molecule has 1 aliphatic rings. The minimum absolute atomic E-state index is 0.179. The van der Waals surface area contributed by atoms with E-state index >= 15 is 0 Å². The van der Waals surface area contributed by atoms with Gasteiger partial charge in [0.15, 0.2) is 17.7 Å². The van der Waals surface area contributed by atoms with Crippen LogP contribution in [0.4, 0.5) is 5.82 Å². The second-order valence-electron chi connectivity index (χ2n) is 5.68. The summed E-state index contributed by atoms with van der Waals surface area (Å²) in [6.45, 7) is -0.218. The second kappa shape index (κ2) is 7.09. The lowest BCUT2D eigenvalue weighted by atomic mass is 10.3. The van der Waals surface area contributed by atoms with Crippen LogP contribution in [0.5, 0.6) is 5.75 Å². The molecule has 140 valence electrons. The smallest absolute Gasteiger partial charge is 0.319 e. The number of aromatic nitrogens is 4. The maximum absolute atomic E-state index is 11.9. The van der Waals surface area contributed by atoms with Crippen LogP contribution >= 0.6 is 7.82 Å². The Kier molecular flexibility index (Phi) is 4.63. The number of nitrogen functional groups attached to an aromatic ring is 1. The number of benzene rings is 1. The van der Waals surface area contributed by atoms with Gasteiger partial charge in [0, 0.05) is 0 Å². The van der Waals surface area contributed by atoms with E-state index in [1.165, 1.54) is 24.8 Å². The highest BCUT2D eigenvalue weighted by Gasteiger charge is 2.25. The fourth-order valence-corrected chi connectivity index (χ4v) is 3.36. The van der Waals surface area contributed by atoms with Gasteiger partial charge in [-0.1, -0.05) is 24.3 Å². The van der Waals surface area contributed by atoms with Gasteiger partial charge >= 0.3 is 7.82 Å². The molecule has 0 amide bonds. The van der Waals surface area contributed by atoms with Crippen LogP contribution in [-0.2, 0) is 13.8 Å². The predicted octanol–water partition coefficient (Wildman–Crippen LogP) is 1.43. The van der Waals surface area contributed by atoms with Crippen molar-refractivity contribution in [1.82, 2.24) is 19.5 Å². The van der Waals surface area contributed by atoms with Gasteiger partial charge in [-0.15, -0.1) is 0 Å². The molecule has 0 saturated carbocycles. The van der Waals surface area contributed by atoms with Crippen LogP contribution < -0.4 is 15.2 Å². The van der Waals surface area contributed by atoms with Gasteiger partial charge in [0.2, 0.25) is 0 Å². The third-order valence-electron chi connectivity index (χ3n) is 3.82. The first-order valence-corrected chi connectivity index (χ1v) is 9.45. The van der Waals surface area contributed by atoms with E-state index in [0.717, 1.165) is 0 Å². The molecule has 3 aromatic rings. The molecule has 0 saturated heterocycles. The monoisotopic (exact) mass is 388 g/mol. The molecule has 1 aliphatic heterocycles. The van der Waals surface area contributed by atoms with E-state index in [9.17, 15) is 9.46 Å². The number of nitrogens with two attached hydrogens (primary N) is 1. The Hall–Kier alpha value is -2.78. The van der Waals surface area contributed by atoms with E-state index in [1.54, 1.807) is 34.9 Å². The normalized spacial score (nSPS) is 21.4. The Balaban J connectivity index is 1.38. The van der Waals surface area contributed by atoms with Gasteiger partial charge in [-0.25, -0.2) is 15.0 Å². The Labute approximate surface area is 153 Å². The summed E-state index contributed by atoms with van der Waals surface area (Å²) in [4.78, 5) is 24.1. The van der Waals surface area contributed by atoms with E-state index in [1.807, 2.05) is 0 Å². The molecule has 10 nitrogen and oxygen atoms in total. The molecule has 0 aliphatic carbocycles. The summed E-state index contributed by atoms with van der Waals surface area (Å²) in [5, 5.41) is 0. The van der Waals surface area contributed by atoms with Crippen LogP contribution in [0.3, 0.4) is 0 Å². The molecular weight excluding hydrogens is 373 g/mol. The lowest BCUT2D eigenvalue weighted by Crippen LogP contribution is -2.20. The number of fused-ring (bicyclic) bond motifs is 1. The Bertz CT molecular complexity index is 1020. The van der Waals surface area contributed by atoms with Crippen molar-refractivity contribution >= 4 is 24.8 Å². The maximum Gasteiger partial charge on any atom is 0.319 e. The molecule has 11 heteroatoms. The van der Waals surface area contributed by atoms with E-state index < -0.39 is 20.2 Å². The minimum Gasteiger partial charge on any atom is -0.746 e. The molecular formula is C16H15N5O5P-. The van der Waals surface area contributed by atoms with Crippen molar-refractivity contribution < 1.29 is 23.2 Å². The molecule has 0 radical (unpaired) electrons. The Morgan fingerprint density at radius 3 is 2.85 bits per heavy atom. The molecule has 0 bridgehead atoms. The van der Waals surface area contributed by atoms with Gasteiger partial charge in [0.05, 0.1) is 12.9 Å². The molecule has 3 heterocycles. The maximum atomic E-state index is 11.9. The average Bonchev–Trinajstić information content (AvgIpc) is 3.28. The molecule has 4 rings (SSSR count). The number of ether oxygens (including phenoxy) is 1. The first kappa shape index (κ1) is 17.6. The molecule has 0 spiro atoms. The number of anilines is 1. The first-order chi connectivity index (χ1) is 13.0. The summed E-state index contributed by atoms with van der Waals surface area (Å²) >= 11 is 0. The van der Waals surface area contributed by atoms with Gasteiger partial charge in [0.25, 0.3) is 0 Å². The lowest BCUT2D eigenvalue weighted by molar-refractivity contribution is -0.219. The van der Waals surface area contributed by atoms with Crippen molar-refractivity contribution in [3.05, 3.63) is 55.1 Å². The molecule has 3 atom stereocenters. The number of nitrogens with zero attached hydrogens (tertiary/aromatic N) is 4. The van der Waals surface area contributed by atoms with E-state index in [-0.39, 0.29) is 18.2 Å². The summed E-state index contributed by atoms with van der Waals surface area (Å²) in [6.07, 6.45) is 5.23. The first-order valence-electron chi connectivity index (χ1n) is 7.99. The molecule has 2 N–H and O–H groups in total. The van der Waals surface area contributed by atoms with Crippen LogP contribution in [0.15, 0.2) is 55.1 Å². The van der Waals surface area contributed by atoms with E-state index in [0.29, 0.717) is 11.2 Å². The van der Waals surface area contributed by atoms with Gasteiger partial charge in [-0.3, -0.25) is 9.13 Å². The summed E-state index contributed by atoms with van der Waals surface area (Å²) in [5.41, 5.74) is 6.75. The van der Waals surface area contributed by atoms with Crippen molar-refractivity contribution in [3.8, 4) is 5.75 Å². The van der Waals surface area contributed by atoms with Crippen molar-refractivity contribution in [2.45, 2.75) is 12.3 Å². The summed E-state index contributed by atoms with van der Waals surface area (Å²) in [5.74, 6) is 0.449. The van der Waals surface area contributed by atoms with E-state index in [4.69, 9.17) is 19.5 Å². The van der Waals surface area contributed by atoms with Crippen LogP contribution in [0.25, 0.3) is 11.2 Å². The number of para-hydroxylation sites is 1. The van der Waals surface area contributed by atoms with Crippen LogP contribution in [-0.4, -0.2) is 32.2 Å². The quantitative estimate of drug-likeness (QED) is 0.491. The van der Waals surface area contributed by atoms with Crippen LogP contribution in [0.2, 0.25) is 0 Å². The number of hydrogen-bond donors (Lipinski definition) is 1. The zero-order valence-electron chi connectivity index (χ0n) is 13.9. The Morgan fingerprint density at radius 1 is 1.22 bits per heavy atom. The topological polar surface area (TPSA) is 137 Å². The highest BCUT2D eigenvalue weighted by Crippen LogP contribution is 2.40. The second-order valence-corrected chi connectivity index (χ2v) is 7.02. The van der Waals surface area contributed by atoms with Crippen molar-refractivity contribution in [2.24, 2.45) is 0 Å². The summed E-state index contributed by atoms with van der Waals surface area (Å²) < 4.78 is 29.2. The summed E-state index contributed by atoms with van der Waals surface area (Å²) in [7, 11) is -4.51. The van der Waals surface area contributed by atoms with Crippen molar-refractivity contribution in [1.29, 1.82) is 0 Å². The standard InChI is InChI=1S/C16H16N5O5P/c17-15-14-16(19-9-18-15)21(10-20-14)13-7-6-12(25-13)8-24-27(22,23)26-11-4-2-1-3-5-11/h1-7,9-10,12-13H,8H2,(H,22,23)(H2,17,18,19)/p-1/t12-,13+/m0/s1. The number of rotatable bonds is 6. The summed E-state index contributed by atoms with van der Waals surface area (Å²) in [6, 6.07) is 8.11. The number of phosphoric acid groups is 1. The van der Waals surface area contributed by atoms with E-state index in [2.05, 4.69) is 15.0 Å². The van der Waals surface area contributed by atoms with Gasteiger partial charge < -0.3 is 24.4 Å². The highest BCUT2D eigenvalue weighted by molar-refractivity contribution is 7.46. The molecule has 1 unspecified atom stereocenters. The molecule has 1 aromatic carbocycles. The van der Waals surface area contributed by atoms with Crippen molar-refractivity contribution in [3.63, 3.8) is 0 Å². The lowest BCUT2D eigenvalue weighted by Gasteiger charge is -2.24. The number of hydrogen-bond acceptors (Lipinski definition) is 9.